The first-order valence-corrected chi connectivity index (χ1v) is 7.45. The van der Waals surface area contributed by atoms with E-state index in [2.05, 4.69) is 11.9 Å². The largest absolute Gasteiger partial charge is 0.489 e. The lowest BCUT2D eigenvalue weighted by Gasteiger charge is -2.29. The van der Waals surface area contributed by atoms with Crippen molar-refractivity contribution in [2.75, 3.05) is 0 Å². The van der Waals surface area contributed by atoms with Gasteiger partial charge in [-0.2, -0.15) is 0 Å². The van der Waals surface area contributed by atoms with E-state index in [4.69, 9.17) is 4.74 Å². The molecule has 1 aliphatic rings. The zero-order valence-corrected chi connectivity index (χ0v) is 12.1. The van der Waals surface area contributed by atoms with Gasteiger partial charge in [-0.3, -0.25) is 0 Å². The molecule has 1 aromatic heterocycles. The van der Waals surface area contributed by atoms with E-state index >= 15 is 0 Å². The molecular formula is C17H19NO3. The van der Waals surface area contributed by atoms with E-state index in [0.29, 0.717) is 17.2 Å². The Morgan fingerprint density at radius 1 is 1.29 bits per heavy atom. The molecule has 2 unspecified atom stereocenters. The number of fused-ring (bicyclic) bond motifs is 1. The highest BCUT2D eigenvalue weighted by molar-refractivity contribution is 5.93. The normalized spacial score (nSPS) is 22.1. The van der Waals surface area contributed by atoms with Crippen molar-refractivity contribution >= 4 is 16.9 Å². The maximum absolute atomic E-state index is 11.2. The summed E-state index contributed by atoms with van der Waals surface area (Å²) in [6, 6.07) is 9.07. The number of carboxylic acids is 1. The molecule has 1 N–H and O–H groups in total. The van der Waals surface area contributed by atoms with Crippen molar-refractivity contribution in [2.24, 2.45) is 5.92 Å². The number of hydrogen-bond acceptors (Lipinski definition) is 3. The highest BCUT2D eigenvalue weighted by Crippen LogP contribution is 2.32. The molecule has 0 bridgehead atoms. The molecule has 4 nitrogen and oxygen atoms in total. The lowest BCUT2D eigenvalue weighted by Crippen LogP contribution is -2.28. The van der Waals surface area contributed by atoms with Crippen LogP contribution in [0.3, 0.4) is 0 Å². The monoisotopic (exact) mass is 285 g/mol. The number of pyridine rings is 1. The molecule has 1 saturated carbocycles. The molecule has 3 rings (SSSR count). The SMILES string of the molecule is CC1CCCCC1Oc1cc(C(=O)O)nc2ccccc12. The molecule has 1 aromatic carbocycles. The first-order chi connectivity index (χ1) is 10.1. The maximum Gasteiger partial charge on any atom is 0.354 e. The van der Waals surface area contributed by atoms with Gasteiger partial charge < -0.3 is 9.84 Å². The molecule has 0 spiro atoms. The van der Waals surface area contributed by atoms with Crippen LogP contribution in [-0.4, -0.2) is 22.2 Å². The number of ether oxygens (including phenoxy) is 1. The minimum Gasteiger partial charge on any atom is -0.489 e. The second kappa shape index (κ2) is 5.72. The predicted octanol–water partition coefficient (Wildman–Crippen LogP) is 3.89. The third-order valence-corrected chi connectivity index (χ3v) is 4.21. The molecule has 1 aliphatic carbocycles. The minimum atomic E-state index is -1.03. The third kappa shape index (κ3) is 2.84. The predicted molar refractivity (Wildman–Crippen MR) is 80.8 cm³/mol. The fraction of sp³-hybridized carbons (Fsp3) is 0.412. The average Bonchev–Trinajstić information content (AvgIpc) is 2.49. The van der Waals surface area contributed by atoms with Crippen molar-refractivity contribution in [3.63, 3.8) is 0 Å². The maximum atomic E-state index is 11.2. The van der Waals surface area contributed by atoms with E-state index < -0.39 is 5.97 Å². The number of hydrogen-bond donors (Lipinski definition) is 1. The van der Waals surface area contributed by atoms with Crippen LogP contribution in [0.25, 0.3) is 10.9 Å². The number of nitrogens with zero attached hydrogens (tertiary/aromatic N) is 1. The van der Waals surface area contributed by atoms with Gasteiger partial charge in [0.05, 0.1) is 5.52 Å². The average molecular weight is 285 g/mol. The molecule has 0 radical (unpaired) electrons. The second-order valence-corrected chi connectivity index (χ2v) is 5.75. The Bertz CT molecular complexity index is 668. The number of aromatic nitrogens is 1. The van der Waals surface area contributed by atoms with Gasteiger partial charge >= 0.3 is 5.97 Å². The number of benzene rings is 1. The zero-order chi connectivity index (χ0) is 14.8. The van der Waals surface area contributed by atoms with Gasteiger partial charge in [-0.1, -0.05) is 25.5 Å². The van der Waals surface area contributed by atoms with Crippen LogP contribution in [0.1, 0.15) is 43.1 Å². The number of aromatic carboxylic acids is 1. The van der Waals surface area contributed by atoms with Crippen LogP contribution in [0.15, 0.2) is 30.3 Å². The lowest BCUT2D eigenvalue weighted by atomic mass is 9.88. The Balaban J connectivity index is 2.01. The number of carboxylic acid groups (broad SMARTS) is 1. The van der Waals surface area contributed by atoms with Gasteiger partial charge in [0.15, 0.2) is 5.69 Å². The molecule has 1 heterocycles. The summed E-state index contributed by atoms with van der Waals surface area (Å²) in [6.07, 6.45) is 4.77. The fourth-order valence-corrected chi connectivity index (χ4v) is 2.97. The summed E-state index contributed by atoms with van der Waals surface area (Å²) in [5, 5.41) is 10.1. The van der Waals surface area contributed by atoms with E-state index in [1.165, 1.54) is 19.3 Å². The van der Waals surface area contributed by atoms with Crippen LogP contribution in [-0.2, 0) is 0 Å². The molecule has 21 heavy (non-hydrogen) atoms. The Kier molecular flexibility index (Phi) is 3.78. The number of para-hydroxylation sites is 1. The van der Waals surface area contributed by atoms with Crippen molar-refractivity contribution in [3.05, 3.63) is 36.0 Å². The van der Waals surface area contributed by atoms with E-state index in [1.807, 2.05) is 24.3 Å². The first kappa shape index (κ1) is 13.9. The smallest absolute Gasteiger partial charge is 0.354 e. The summed E-state index contributed by atoms with van der Waals surface area (Å²) in [7, 11) is 0. The molecule has 2 aromatic rings. The van der Waals surface area contributed by atoms with Crippen LogP contribution < -0.4 is 4.74 Å². The van der Waals surface area contributed by atoms with E-state index in [0.717, 1.165) is 11.8 Å². The molecule has 2 atom stereocenters. The van der Waals surface area contributed by atoms with Crippen LogP contribution in [0.5, 0.6) is 5.75 Å². The highest BCUT2D eigenvalue weighted by atomic mass is 16.5. The van der Waals surface area contributed by atoms with Crippen molar-refractivity contribution in [1.29, 1.82) is 0 Å². The highest BCUT2D eigenvalue weighted by Gasteiger charge is 2.24. The quantitative estimate of drug-likeness (QED) is 0.929. The van der Waals surface area contributed by atoms with Crippen molar-refractivity contribution in [2.45, 2.75) is 38.7 Å². The molecule has 0 saturated heterocycles. The van der Waals surface area contributed by atoms with Crippen LogP contribution in [0, 0.1) is 5.92 Å². The third-order valence-electron chi connectivity index (χ3n) is 4.21. The number of rotatable bonds is 3. The van der Waals surface area contributed by atoms with Crippen LogP contribution >= 0.6 is 0 Å². The molecule has 0 aliphatic heterocycles. The fourth-order valence-electron chi connectivity index (χ4n) is 2.97. The zero-order valence-electron chi connectivity index (χ0n) is 12.1. The van der Waals surface area contributed by atoms with Gasteiger partial charge in [-0.15, -0.1) is 0 Å². The van der Waals surface area contributed by atoms with Gasteiger partial charge in [0, 0.05) is 11.5 Å². The Morgan fingerprint density at radius 3 is 2.81 bits per heavy atom. The standard InChI is InChI=1S/C17H19NO3/c1-11-6-2-5-9-15(11)21-16-10-14(17(19)20)18-13-8-4-3-7-12(13)16/h3-4,7-8,10-11,15H,2,5-6,9H2,1H3,(H,19,20). The lowest BCUT2D eigenvalue weighted by molar-refractivity contribution is 0.0688. The van der Waals surface area contributed by atoms with Gasteiger partial charge in [0.2, 0.25) is 0 Å². The van der Waals surface area contributed by atoms with Crippen molar-refractivity contribution in [3.8, 4) is 5.75 Å². The van der Waals surface area contributed by atoms with Crippen molar-refractivity contribution < 1.29 is 14.6 Å². The Morgan fingerprint density at radius 2 is 2.05 bits per heavy atom. The van der Waals surface area contributed by atoms with Gasteiger partial charge in [0.25, 0.3) is 0 Å². The number of carbonyl (C=O) groups is 1. The Hall–Kier alpha value is -2.10. The van der Waals surface area contributed by atoms with Gasteiger partial charge in [-0.05, 0) is 37.3 Å². The molecule has 4 heteroatoms. The summed E-state index contributed by atoms with van der Waals surface area (Å²) >= 11 is 0. The summed E-state index contributed by atoms with van der Waals surface area (Å²) in [6.45, 7) is 2.20. The molecular weight excluding hydrogens is 266 g/mol. The summed E-state index contributed by atoms with van der Waals surface area (Å²) in [5.41, 5.74) is 0.697. The molecule has 110 valence electrons. The van der Waals surface area contributed by atoms with Crippen molar-refractivity contribution in [1.82, 2.24) is 4.98 Å². The topological polar surface area (TPSA) is 59.4 Å². The molecule has 0 amide bonds. The second-order valence-electron chi connectivity index (χ2n) is 5.75. The Labute approximate surface area is 123 Å². The van der Waals surface area contributed by atoms with Gasteiger partial charge in [-0.25, -0.2) is 9.78 Å². The van der Waals surface area contributed by atoms with Crippen LogP contribution in [0.4, 0.5) is 0 Å². The summed E-state index contributed by atoms with van der Waals surface area (Å²) in [5.74, 6) is 0.109. The van der Waals surface area contributed by atoms with Gasteiger partial charge in [0.1, 0.15) is 11.9 Å². The summed E-state index contributed by atoms with van der Waals surface area (Å²) < 4.78 is 6.17. The van der Waals surface area contributed by atoms with Crippen LogP contribution in [0.2, 0.25) is 0 Å². The summed E-state index contributed by atoms with van der Waals surface area (Å²) in [4.78, 5) is 15.4. The molecule has 1 fully saturated rings. The van der Waals surface area contributed by atoms with E-state index in [9.17, 15) is 9.90 Å². The minimum absolute atomic E-state index is 0.0344. The van der Waals surface area contributed by atoms with E-state index in [1.54, 1.807) is 6.07 Å². The van der Waals surface area contributed by atoms with E-state index in [-0.39, 0.29) is 11.8 Å². The first-order valence-electron chi connectivity index (χ1n) is 7.45.